The van der Waals surface area contributed by atoms with Crippen LogP contribution in [0.1, 0.15) is 51.5 Å². The third-order valence-corrected chi connectivity index (χ3v) is 7.01. The van der Waals surface area contributed by atoms with Crippen LogP contribution in [0.4, 0.5) is 0 Å². The Hall–Kier alpha value is -0.600. The van der Waals surface area contributed by atoms with Crippen molar-refractivity contribution in [3.8, 4) is 6.07 Å². The summed E-state index contributed by atoms with van der Waals surface area (Å²) in [6.45, 7) is 8.97. The van der Waals surface area contributed by atoms with Gasteiger partial charge in [0.2, 0.25) is 0 Å². The molecule has 1 aromatic rings. The van der Waals surface area contributed by atoms with Gasteiger partial charge >= 0.3 is 0 Å². The summed E-state index contributed by atoms with van der Waals surface area (Å²) in [4.78, 5) is 0. The molecule has 0 N–H and O–H groups in total. The lowest BCUT2D eigenvalue weighted by molar-refractivity contribution is 0.144. The molecule has 0 bridgehead atoms. The Morgan fingerprint density at radius 3 is 2.70 bits per heavy atom. The summed E-state index contributed by atoms with van der Waals surface area (Å²) in [5.41, 5.74) is 0.371. The van der Waals surface area contributed by atoms with Gasteiger partial charge in [0.25, 0.3) is 0 Å². The smallest absolute Gasteiger partial charge is 0.174 e. The fourth-order valence-corrected chi connectivity index (χ4v) is 5.24. The predicted octanol–water partition coefficient (Wildman–Crippen LogP) is 4.68. The number of aromatic nitrogens is 2. The van der Waals surface area contributed by atoms with Crippen LogP contribution in [0.5, 0.6) is 0 Å². The molecule has 1 saturated carbocycles. The minimum atomic E-state index is 0.160. The van der Waals surface area contributed by atoms with Gasteiger partial charge in [-0.25, -0.2) is 0 Å². The van der Waals surface area contributed by atoms with Gasteiger partial charge in [0.15, 0.2) is 4.34 Å². The van der Waals surface area contributed by atoms with E-state index in [9.17, 15) is 5.26 Å². The second kappa shape index (κ2) is 6.44. The van der Waals surface area contributed by atoms with Crippen molar-refractivity contribution in [2.24, 2.45) is 17.3 Å². The molecule has 20 heavy (non-hydrogen) atoms. The minimum Gasteiger partial charge on any atom is -0.198 e. The number of nitriles is 1. The summed E-state index contributed by atoms with van der Waals surface area (Å²) in [5.74, 6) is 0.872. The van der Waals surface area contributed by atoms with Gasteiger partial charge in [-0.2, -0.15) is 5.26 Å². The lowest BCUT2D eigenvalue weighted by Gasteiger charge is -2.40. The molecule has 0 amide bonds. The lowest BCUT2D eigenvalue weighted by Crippen LogP contribution is -2.34. The third-order valence-electron chi connectivity index (χ3n) is 4.73. The van der Waals surface area contributed by atoms with Crippen LogP contribution in [0.2, 0.25) is 0 Å². The molecule has 5 heteroatoms. The van der Waals surface area contributed by atoms with Crippen LogP contribution in [-0.4, -0.2) is 15.4 Å². The normalized spacial score (nSPS) is 27.2. The van der Waals surface area contributed by atoms with E-state index in [1.807, 2.05) is 6.92 Å². The highest BCUT2D eigenvalue weighted by Gasteiger charge is 2.38. The first-order chi connectivity index (χ1) is 9.46. The Morgan fingerprint density at radius 1 is 1.40 bits per heavy atom. The van der Waals surface area contributed by atoms with E-state index in [2.05, 4.69) is 37.0 Å². The number of thioether (sulfide) groups is 1. The Kier molecular flexibility index (Phi) is 5.09. The zero-order chi connectivity index (χ0) is 14.8. The van der Waals surface area contributed by atoms with Crippen molar-refractivity contribution in [3.63, 3.8) is 0 Å². The maximum absolute atomic E-state index is 9.39. The summed E-state index contributed by atoms with van der Waals surface area (Å²) in [7, 11) is 0. The quantitative estimate of drug-likeness (QED) is 0.810. The minimum absolute atomic E-state index is 0.160. The van der Waals surface area contributed by atoms with Crippen LogP contribution in [0.15, 0.2) is 4.34 Å². The first-order valence-corrected chi connectivity index (χ1v) is 9.02. The van der Waals surface area contributed by atoms with Gasteiger partial charge in [0, 0.05) is 5.25 Å². The predicted molar refractivity (Wildman–Crippen MR) is 84.8 cm³/mol. The van der Waals surface area contributed by atoms with E-state index < -0.39 is 0 Å². The van der Waals surface area contributed by atoms with Crippen molar-refractivity contribution in [1.29, 1.82) is 5.26 Å². The Balaban J connectivity index is 2.09. The molecule has 3 atom stereocenters. The first kappa shape index (κ1) is 15.8. The molecule has 0 aliphatic heterocycles. The molecular formula is C15H23N3S2. The molecule has 1 aliphatic carbocycles. The Morgan fingerprint density at radius 2 is 2.15 bits per heavy atom. The molecule has 0 radical (unpaired) electrons. The van der Waals surface area contributed by atoms with Crippen LogP contribution in [-0.2, 0) is 0 Å². The number of aryl methyl sites for hydroxylation is 1. The van der Waals surface area contributed by atoms with Crippen LogP contribution >= 0.6 is 23.1 Å². The lowest BCUT2D eigenvalue weighted by atomic mass is 9.67. The fraction of sp³-hybridized carbons (Fsp3) is 0.800. The summed E-state index contributed by atoms with van der Waals surface area (Å²) < 4.78 is 1.02. The van der Waals surface area contributed by atoms with E-state index in [4.69, 9.17) is 0 Å². The first-order valence-electron chi connectivity index (χ1n) is 7.32. The number of hydrogen-bond donors (Lipinski definition) is 0. The van der Waals surface area contributed by atoms with Gasteiger partial charge in [0.05, 0.1) is 12.0 Å². The van der Waals surface area contributed by atoms with E-state index in [1.54, 1.807) is 23.1 Å². The molecule has 3 nitrogen and oxygen atoms in total. The average molecular weight is 310 g/mol. The standard InChI is InChI=1S/C15H23N3S2/c1-5-15(3,4)12-7-6-11(9-16)13(8-12)20-14-18-17-10(2)19-14/h11-13H,5-8H2,1-4H3. The molecule has 0 aromatic carbocycles. The molecule has 110 valence electrons. The zero-order valence-corrected chi connectivity index (χ0v) is 14.4. The molecule has 1 heterocycles. The molecule has 0 saturated heterocycles. The molecule has 0 spiro atoms. The maximum atomic E-state index is 9.39. The van der Waals surface area contributed by atoms with Crippen molar-refractivity contribution >= 4 is 23.1 Å². The average Bonchev–Trinajstić information content (AvgIpc) is 2.84. The largest absolute Gasteiger partial charge is 0.198 e. The number of rotatable bonds is 4. The summed E-state index contributed by atoms with van der Waals surface area (Å²) in [6.07, 6.45) is 4.54. The highest BCUT2D eigenvalue weighted by molar-refractivity contribution is 8.01. The SMILES string of the molecule is CCC(C)(C)C1CCC(C#N)C(Sc2nnc(C)s2)C1. The Bertz CT molecular complexity index is 490. The van der Waals surface area contributed by atoms with Crippen molar-refractivity contribution < 1.29 is 0 Å². The zero-order valence-electron chi connectivity index (χ0n) is 12.7. The van der Waals surface area contributed by atoms with Crippen molar-refractivity contribution in [1.82, 2.24) is 10.2 Å². The van der Waals surface area contributed by atoms with Gasteiger partial charge in [0.1, 0.15) is 5.01 Å². The van der Waals surface area contributed by atoms with Crippen molar-refractivity contribution in [2.75, 3.05) is 0 Å². The maximum Gasteiger partial charge on any atom is 0.174 e. The van der Waals surface area contributed by atoms with Crippen LogP contribution < -0.4 is 0 Å². The van der Waals surface area contributed by atoms with Crippen LogP contribution in [0.25, 0.3) is 0 Å². The van der Waals surface area contributed by atoms with Gasteiger partial charge in [-0.3, -0.25) is 0 Å². The number of hydrogen-bond acceptors (Lipinski definition) is 5. The van der Waals surface area contributed by atoms with Crippen LogP contribution in [0.3, 0.4) is 0 Å². The second-order valence-electron chi connectivity index (χ2n) is 6.33. The molecular weight excluding hydrogens is 286 g/mol. The number of nitrogens with zero attached hydrogens (tertiary/aromatic N) is 3. The molecule has 1 aromatic heterocycles. The van der Waals surface area contributed by atoms with E-state index in [0.29, 0.717) is 16.6 Å². The monoisotopic (exact) mass is 309 g/mol. The van der Waals surface area contributed by atoms with Crippen molar-refractivity contribution in [3.05, 3.63) is 5.01 Å². The summed E-state index contributed by atoms with van der Waals surface area (Å²) in [6, 6.07) is 2.51. The highest BCUT2D eigenvalue weighted by Crippen LogP contribution is 2.47. The van der Waals surface area contributed by atoms with Gasteiger partial charge in [-0.1, -0.05) is 50.3 Å². The molecule has 1 aliphatic rings. The van der Waals surface area contributed by atoms with E-state index in [-0.39, 0.29) is 5.92 Å². The third kappa shape index (κ3) is 3.53. The molecule has 2 rings (SSSR count). The summed E-state index contributed by atoms with van der Waals surface area (Å²) in [5, 5.41) is 19.1. The second-order valence-corrected chi connectivity index (χ2v) is 9.00. The van der Waals surface area contributed by atoms with Gasteiger partial charge in [-0.05, 0) is 37.5 Å². The van der Waals surface area contributed by atoms with Gasteiger partial charge in [-0.15, -0.1) is 10.2 Å². The van der Waals surface area contributed by atoms with Gasteiger partial charge < -0.3 is 0 Å². The fourth-order valence-electron chi connectivity index (χ4n) is 2.86. The topological polar surface area (TPSA) is 49.6 Å². The van der Waals surface area contributed by atoms with E-state index in [0.717, 1.165) is 22.2 Å². The van der Waals surface area contributed by atoms with Crippen LogP contribution in [0, 0.1) is 35.5 Å². The summed E-state index contributed by atoms with van der Waals surface area (Å²) >= 11 is 3.41. The molecule has 3 unspecified atom stereocenters. The van der Waals surface area contributed by atoms with Crippen molar-refractivity contribution in [2.45, 2.75) is 63.0 Å². The Labute approximate surface area is 130 Å². The highest BCUT2D eigenvalue weighted by atomic mass is 32.2. The van der Waals surface area contributed by atoms with E-state index >= 15 is 0 Å². The van der Waals surface area contributed by atoms with E-state index in [1.165, 1.54) is 12.8 Å². The molecule has 1 fully saturated rings.